The first-order valence-electron chi connectivity index (χ1n) is 5.64. The zero-order chi connectivity index (χ0) is 13.9. The molecule has 100 valence electrons. The molecule has 0 bridgehead atoms. The lowest BCUT2D eigenvalue weighted by Gasteiger charge is -2.01. The fourth-order valence-electron chi connectivity index (χ4n) is 1.57. The summed E-state index contributed by atoms with van der Waals surface area (Å²) in [6.07, 6.45) is 3.16. The van der Waals surface area contributed by atoms with Crippen molar-refractivity contribution in [3.63, 3.8) is 0 Å². The number of nitrogens with zero attached hydrogens (tertiary/aromatic N) is 2. The molecule has 0 aromatic carbocycles. The quantitative estimate of drug-likeness (QED) is 0.753. The minimum absolute atomic E-state index is 0.217. The number of carbonyl (C=O) groups is 1. The lowest BCUT2D eigenvalue weighted by atomic mass is 10.3. The van der Waals surface area contributed by atoms with Gasteiger partial charge in [-0.1, -0.05) is 6.07 Å². The maximum Gasteiger partial charge on any atom is 0.259 e. The standard InChI is InChI=1S/C13H8BrN3OS2/c14-9-4-8(5-15-6-9)12(18)17-13-16-10(7-20-13)11-2-1-3-19-11/h1-7H,(H,16,17,18). The molecule has 3 aromatic heterocycles. The number of thiophene rings is 1. The Balaban J connectivity index is 1.77. The molecule has 0 spiro atoms. The highest BCUT2D eigenvalue weighted by atomic mass is 79.9. The van der Waals surface area contributed by atoms with Crippen LogP contribution in [-0.4, -0.2) is 15.9 Å². The number of carbonyl (C=O) groups excluding carboxylic acids is 1. The number of pyridine rings is 1. The third-order valence-corrected chi connectivity index (χ3v) is 4.55. The fraction of sp³-hybridized carbons (Fsp3) is 0. The zero-order valence-electron chi connectivity index (χ0n) is 10.0. The van der Waals surface area contributed by atoms with Crippen LogP contribution in [-0.2, 0) is 0 Å². The number of hydrogen-bond donors (Lipinski definition) is 1. The summed E-state index contributed by atoms with van der Waals surface area (Å²) in [5.74, 6) is -0.217. The van der Waals surface area contributed by atoms with Crippen LogP contribution < -0.4 is 5.32 Å². The maximum absolute atomic E-state index is 12.1. The van der Waals surface area contributed by atoms with E-state index < -0.39 is 0 Å². The number of thiazole rings is 1. The van der Waals surface area contributed by atoms with Crippen LogP contribution in [0.2, 0.25) is 0 Å². The first-order valence-corrected chi connectivity index (χ1v) is 8.19. The Morgan fingerprint density at radius 3 is 2.95 bits per heavy atom. The largest absolute Gasteiger partial charge is 0.298 e. The zero-order valence-corrected chi connectivity index (χ0v) is 13.3. The van der Waals surface area contributed by atoms with Gasteiger partial charge in [0, 0.05) is 22.2 Å². The number of nitrogens with one attached hydrogen (secondary N) is 1. The van der Waals surface area contributed by atoms with Gasteiger partial charge in [0.2, 0.25) is 0 Å². The van der Waals surface area contributed by atoms with E-state index in [9.17, 15) is 4.79 Å². The molecule has 7 heteroatoms. The van der Waals surface area contributed by atoms with Crippen molar-refractivity contribution in [1.82, 2.24) is 9.97 Å². The van der Waals surface area contributed by atoms with Crippen LogP contribution >= 0.6 is 38.6 Å². The van der Waals surface area contributed by atoms with Gasteiger partial charge in [-0.2, -0.15) is 0 Å². The predicted molar refractivity (Wildman–Crippen MR) is 85.3 cm³/mol. The molecule has 3 aromatic rings. The molecule has 0 fully saturated rings. The first kappa shape index (κ1) is 13.4. The summed E-state index contributed by atoms with van der Waals surface area (Å²) in [5, 5.41) is 7.29. The number of aromatic nitrogens is 2. The van der Waals surface area contributed by atoms with E-state index in [4.69, 9.17) is 0 Å². The molecule has 0 saturated carbocycles. The van der Waals surface area contributed by atoms with Gasteiger partial charge in [0.15, 0.2) is 5.13 Å². The Morgan fingerprint density at radius 2 is 2.20 bits per heavy atom. The van der Waals surface area contributed by atoms with Gasteiger partial charge in [-0.25, -0.2) is 4.98 Å². The molecule has 3 heterocycles. The summed E-state index contributed by atoms with van der Waals surface area (Å²) in [6, 6.07) is 5.70. The van der Waals surface area contributed by atoms with Crippen LogP contribution in [0.15, 0.2) is 45.8 Å². The molecular weight excluding hydrogens is 358 g/mol. The normalized spacial score (nSPS) is 10.4. The van der Waals surface area contributed by atoms with Gasteiger partial charge < -0.3 is 0 Å². The van der Waals surface area contributed by atoms with E-state index in [0.29, 0.717) is 10.7 Å². The molecule has 0 aliphatic carbocycles. The summed E-state index contributed by atoms with van der Waals surface area (Å²) >= 11 is 6.32. The number of hydrogen-bond acceptors (Lipinski definition) is 5. The van der Waals surface area contributed by atoms with Crippen molar-refractivity contribution in [3.05, 3.63) is 51.4 Å². The SMILES string of the molecule is O=C(Nc1nc(-c2cccs2)cs1)c1cncc(Br)c1. The summed E-state index contributed by atoms with van der Waals surface area (Å²) < 4.78 is 0.767. The summed E-state index contributed by atoms with van der Waals surface area (Å²) in [6.45, 7) is 0. The number of amides is 1. The molecule has 1 N–H and O–H groups in total. The molecular formula is C13H8BrN3OS2. The summed E-state index contributed by atoms with van der Waals surface area (Å²) in [4.78, 5) is 21.5. The predicted octanol–water partition coefficient (Wildman–Crippen LogP) is 4.28. The molecule has 3 rings (SSSR count). The van der Waals surface area contributed by atoms with Crippen LogP contribution in [0.25, 0.3) is 10.6 Å². The summed E-state index contributed by atoms with van der Waals surface area (Å²) in [5.41, 5.74) is 1.37. The van der Waals surface area contributed by atoms with Crippen molar-refractivity contribution < 1.29 is 4.79 Å². The van der Waals surface area contributed by atoms with Crippen LogP contribution in [0.4, 0.5) is 5.13 Å². The fourth-order valence-corrected chi connectivity index (χ4v) is 3.41. The molecule has 0 aliphatic heterocycles. The third kappa shape index (κ3) is 2.95. The second kappa shape index (κ2) is 5.82. The van der Waals surface area contributed by atoms with Gasteiger partial charge in [-0.15, -0.1) is 22.7 Å². The smallest absolute Gasteiger partial charge is 0.259 e. The van der Waals surface area contributed by atoms with E-state index in [2.05, 4.69) is 31.2 Å². The molecule has 0 unspecified atom stereocenters. The van der Waals surface area contributed by atoms with Crippen molar-refractivity contribution in [2.75, 3.05) is 5.32 Å². The Hall–Kier alpha value is -1.57. The summed E-state index contributed by atoms with van der Waals surface area (Å²) in [7, 11) is 0. The average Bonchev–Trinajstić information content (AvgIpc) is 3.08. The number of halogens is 1. The van der Waals surface area contributed by atoms with E-state index in [1.807, 2.05) is 22.9 Å². The van der Waals surface area contributed by atoms with Crippen LogP contribution in [0.1, 0.15) is 10.4 Å². The second-order valence-corrected chi connectivity index (χ2v) is 6.58. The van der Waals surface area contributed by atoms with Crippen molar-refractivity contribution in [2.24, 2.45) is 0 Å². The number of anilines is 1. The Labute approximate surface area is 131 Å². The van der Waals surface area contributed by atoms with E-state index in [1.54, 1.807) is 23.6 Å². The third-order valence-electron chi connectivity index (χ3n) is 2.47. The highest BCUT2D eigenvalue weighted by Crippen LogP contribution is 2.28. The molecule has 0 saturated heterocycles. The van der Waals surface area contributed by atoms with Crippen LogP contribution in [0.3, 0.4) is 0 Å². The van der Waals surface area contributed by atoms with Gasteiger partial charge in [0.25, 0.3) is 5.91 Å². The Kier molecular flexibility index (Phi) is 3.90. The van der Waals surface area contributed by atoms with Crippen molar-refractivity contribution in [1.29, 1.82) is 0 Å². The molecule has 0 atom stereocenters. The van der Waals surface area contributed by atoms with Gasteiger partial charge in [-0.05, 0) is 33.4 Å². The molecule has 0 radical (unpaired) electrons. The van der Waals surface area contributed by atoms with E-state index in [1.165, 1.54) is 17.5 Å². The molecule has 4 nitrogen and oxygen atoms in total. The minimum atomic E-state index is -0.217. The van der Waals surface area contributed by atoms with E-state index >= 15 is 0 Å². The van der Waals surface area contributed by atoms with Crippen molar-refractivity contribution >= 4 is 49.6 Å². The van der Waals surface area contributed by atoms with Crippen molar-refractivity contribution in [2.45, 2.75) is 0 Å². The molecule has 20 heavy (non-hydrogen) atoms. The van der Waals surface area contributed by atoms with Gasteiger partial charge in [0.05, 0.1) is 16.1 Å². The highest BCUT2D eigenvalue weighted by molar-refractivity contribution is 9.10. The van der Waals surface area contributed by atoms with Crippen molar-refractivity contribution in [3.8, 4) is 10.6 Å². The lowest BCUT2D eigenvalue weighted by Crippen LogP contribution is -2.11. The first-order chi connectivity index (χ1) is 9.72. The second-order valence-electron chi connectivity index (χ2n) is 3.86. The maximum atomic E-state index is 12.1. The van der Waals surface area contributed by atoms with Gasteiger partial charge >= 0.3 is 0 Å². The lowest BCUT2D eigenvalue weighted by molar-refractivity contribution is 0.102. The van der Waals surface area contributed by atoms with Crippen LogP contribution in [0.5, 0.6) is 0 Å². The van der Waals surface area contributed by atoms with E-state index in [0.717, 1.165) is 15.0 Å². The van der Waals surface area contributed by atoms with Gasteiger partial charge in [-0.3, -0.25) is 15.1 Å². The topological polar surface area (TPSA) is 54.9 Å². The van der Waals surface area contributed by atoms with Gasteiger partial charge in [0.1, 0.15) is 0 Å². The highest BCUT2D eigenvalue weighted by Gasteiger charge is 2.11. The number of rotatable bonds is 3. The monoisotopic (exact) mass is 365 g/mol. The molecule has 0 aliphatic rings. The van der Waals surface area contributed by atoms with Crippen LogP contribution in [0, 0.1) is 0 Å². The Morgan fingerprint density at radius 1 is 1.30 bits per heavy atom. The minimum Gasteiger partial charge on any atom is -0.298 e. The molecule has 1 amide bonds. The Bertz CT molecular complexity index is 740. The average molecular weight is 366 g/mol. The van der Waals surface area contributed by atoms with E-state index in [-0.39, 0.29) is 5.91 Å².